The topological polar surface area (TPSA) is 27.1 Å². The Morgan fingerprint density at radius 1 is 1.25 bits per heavy atom. The van der Waals surface area contributed by atoms with Crippen molar-refractivity contribution in [2.45, 2.75) is 45.6 Å². The van der Waals surface area contributed by atoms with E-state index in [4.69, 9.17) is 4.74 Å². The summed E-state index contributed by atoms with van der Waals surface area (Å²) in [6.07, 6.45) is 8.99. The molecule has 1 atom stereocenters. The van der Waals surface area contributed by atoms with Crippen LogP contribution in [0.25, 0.3) is 0 Å². The first kappa shape index (κ1) is 14.6. The van der Waals surface area contributed by atoms with Gasteiger partial charge < -0.3 is 9.30 Å². The highest BCUT2D eigenvalue weighted by molar-refractivity contribution is 5.35. The van der Waals surface area contributed by atoms with Gasteiger partial charge >= 0.3 is 0 Å². The molecular formula is C17H24N2O. The van der Waals surface area contributed by atoms with Crippen molar-refractivity contribution in [1.29, 1.82) is 0 Å². The average molecular weight is 272 g/mol. The number of benzene rings is 1. The van der Waals surface area contributed by atoms with E-state index in [2.05, 4.69) is 41.6 Å². The lowest BCUT2D eigenvalue weighted by Crippen LogP contribution is -2.03. The van der Waals surface area contributed by atoms with E-state index in [0.717, 1.165) is 38.2 Å². The second-order valence-corrected chi connectivity index (χ2v) is 5.20. The highest BCUT2D eigenvalue weighted by Crippen LogP contribution is 2.28. The quantitative estimate of drug-likeness (QED) is 0.671. The number of imidazole rings is 1. The smallest absolute Gasteiger partial charge is 0.122 e. The van der Waals surface area contributed by atoms with Gasteiger partial charge in [0.2, 0.25) is 0 Å². The molecule has 0 saturated carbocycles. The molecule has 2 aromatic rings. The maximum atomic E-state index is 5.95. The number of ether oxygens (including phenoxy) is 1. The highest BCUT2D eigenvalue weighted by Gasteiger charge is 2.08. The Labute approximate surface area is 121 Å². The molecule has 0 saturated heterocycles. The van der Waals surface area contributed by atoms with Crippen LogP contribution in [0.1, 0.15) is 44.6 Å². The summed E-state index contributed by atoms with van der Waals surface area (Å²) >= 11 is 0. The highest BCUT2D eigenvalue weighted by atomic mass is 16.5. The molecule has 1 heterocycles. The van der Waals surface area contributed by atoms with Crippen molar-refractivity contribution in [3.8, 4) is 5.75 Å². The molecule has 20 heavy (non-hydrogen) atoms. The third-order valence-electron chi connectivity index (χ3n) is 3.69. The van der Waals surface area contributed by atoms with E-state index in [9.17, 15) is 0 Å². The second-order valence-electron chi connectivity index (χ2n) is 5.20. The fourth-order valence-electron chi connectivity index (χ4n) is 2.24. The molecule has 0 bridgehead atoms. The van der Waals surface area contributed by atoms with Crippen LogP contribution in [-0.2, 0) is 6.54 Å². The predicted octanol–water partition coefficient (Wildman–Crippen LogP) is 4.26. The molecule has 1 unspecified atom stereocenters. The molecule has 0 aliphatic rings. The minimum atomic E-state index is 0.553. The molecule has 3 nitrogen and oxygen atoms in total. The fraction of sp³-hybridized carbons (Fsp3) is 0.471. The third kappa shape index (κ3) is 4.12. The van der Waals surface area contributed by atoms with Crippen molar-refractivity contribution < 1.29 is 4.74 Å². The van der Waals surface area contributed by atoms with Gasteiger partial charge in [0, 0.05) is 18.9 Å². The normalized spacial score (nSPS) is 12.3. The van der Waals surface area contributed by atoms with E-state index in [-0.39, 0.29) is 0 Å². The van der Waals surface area contributed by atoms with Crippen molar-refractivity contribution in [2.75, 3.05) is 6.61 Å². The van der Waals surface area contributed by atoms with E-state index < -0.39 is 0 Å². The third-order valence-corrected chi connectivity index (χ3v) is 3.69. The molecule has 108 valence electrons. The van der Waals surface area contributed by atoms with Crippen LogP contribution in [0, 0.1) is 0 Å². The van der Waals surface area contributed by atoms with Crippen LogP contribution >= 0.6 is 0 Å². The van der Waals surface area contributed by atoms with Gasteiger partial charge in [0.25, 0.3) is 0 Å². The van der Waals surface area contributed by atoms with Crippen LogP contribution in [0.5, 0.6) is 5.75 Å². The van der Waals surface area contributed by atoms with Crippen LogP contribution < -0.4 is 4.74 Å². The maximum Gasteiger partial charge on any atom is 0.122 e. The van der Waals surface area contributed by atoms with Gasteiger partial charge in [0.05, 0.1) is 12.9 Å². The van der Waals surface area contributed by atoms with Crippen molar-refractivity contribution in [3.05, 3.63) is 48.5 Å². The van der Waals surface area contributed by atoms with E-state index in [1.165, 1.54) is 5.56 Å². The summed E-state index contributed by atoms with van der Waals surface area (Å²) in [4.78, 5) is 4.04. The molecule has 1 aromatic carbocycles. The lowest BCUT2D eigenvalue weighted by atomic mass is 9.98. The van der Waals surface area contributed by atoms with Crippen molar-refractivity contribution in [3.63, 3.8) is 0 Å². The predicted molar refractivity (Wildman–Crippen MR) is 82.1 cm³/mol. The van der Waals surface area contributed by atoms with Crippen LogP contribution in [-0.4, -0.2) is 16.2 Å². The fourth-order valence-corrected chi connectivity index (χ4v) is 2.24. The summed E-state index contributed by atoms with van der Waals surface area (Å²) in [6, 6.07) is 8.40. The SMILES string of the molecule is CCC(C)c1ccccc1OCCCCn1ccnc1. The number of hydrogen-bond donors (Lipinski definition) is 0. The van der Waals surface area contributed by atoms with E-state index in [0.29, 0.717) is 5.92 Å². The number of nitrogens with zero attached hydrogens (tertiary/aromatic N) is 2. The minimum absolute atomic E-state index is 0.553. The molecule has 1 aromatic heterocycles. The zero-order valence-electron chi connectivity index (χ0n) is 12.5. The first-order valence-corrected chi connectivity index (χ1v) is 7.48. The molecule has 0 amide bonds. The number of para-hydroxylation sites is 1. The monoisotopic (exact) mass is 272 g/mol. The summed E-state index contributed by atoms with van der Waals surface area (Å²) < 4.78 is 8.06. The first-order valence-electron chi connectivity index (χ1n) is 7.48. The zero-order chi connectivity index (χ0) is 14.2. The Balaban J connectivity index is 1.76. The lowest BCUT2D eigenvalue weighted by Gasteiger charge is -2.15. The lowest BCUT2D eigenvalue weighted by molar-refractivity contribution is 0.298. The molecule has 2 rings (SSSR count). The van der Waals surface area contributed by atoms with Crippen molar-refractivity contribution in [1.82, 2.24) is 9.55 Å². The largest absolute Gasteiger partial charge is 0.493 e. The molecule has 0 spiro atoms. The Hall–Kier alpha value is -1.77. The number of hydrogen-bond acceptors (Lipinski definition) is 2. The molecule has 0 N–H and O–H groups in total. The van der Waals surface area contributed by atoms with Crippen LogP contribution in [0.4, 0.5) is 0 Å². The van der Waals surface area contributed by atoms with Crippen LogP contribution in [0.15, 0.2) is 43.0 Å². The van der Waals surface area contributed by atoms with Crippen LogP contribution in [0.2, 0.25) is 0 Å². The van der Waals surface area contributed by atoms with E-state index in [1.54, 1.807) is 0 Å². The molecule has 0 aliphatic heterocycles. The van der Waals surface area contributed by atoms with Gasteiger partial charge in [-0.25, -0.2) is 4.98 Å². The number of aryl methyl sites for hydroxylation is 1. The first-order chi connectivity index (χ1) is 9.81. The average Bonchev–Trinajstić information content (AvgIpc) is 3.00. The van der Waals surface area contributed by atoms with Gasteiger partial charge in [-0.2, -0.15) is 0 Å². The second kappa shape index (κ2) is 7.73. The van der Waals surface area contributed by atoms with Gasteiger partial charge in [0.15, 0.2) is 0 Å². The van der Waals surface area contributed by atoms with Crippen molar-refractivity contribution in [2.24, 2.45) is 0 Å². The summed E-state index contributed by atoms with van der Waals surface area (Å²) in [6.45, 7) is 6.26. The van der Waals surface area contributed by atoms with Gasteiger partial charge in [-0.3, -0.25) is 0 Å². The number of aromatic nitrogens is 2. The molecule has 0 aliphatic carbocycles. The summed E-state index contributed by atoms with van der Waals surface area (Å²) in [5.74, 6) is 1.60. The van der Waals surface area contributed by atoms with Crippen LogP contribution in [0.3, 0.4) is 0 Å². The Morgan fingerprint density at radius 3 is 2.85 bits per heavy atom. The van der Waals surface area contributed by atoms with Gasteiger partial charge in [-0.15, -0.1) is 0 Å². The van der Waals surface area contributed by atoms with Gasteiger partial charge in [0.1, 0.15) is 5.75 Å². The Morgan fingerprint density at radius 2 is 2.10 bits per heavy atom. The van der Waals surface area contributed by atoms with Crippen molar-refractivity contribution >= 4 is 0 Å². The summed E-state index contributed by atoms with van der Waals surface area (Å²) in [5, 5.41) is 0. The molecule has 3 heteroatoms. The van der Waals surface area contributed by atoms with E-state index in [1.807, 2.05) is 24.8 Å². The zero-order valence-corrected chi connectivity index (χ0v) is 12.5. The molecule has 0 fully saturated rings. The minimum Gasteiger partial charge on any atom is -0.493 e. The van der Waals surface area contributed by atoms with Gasteiger partial charge in [-0.1, -0.05) is 32.0 Å². The standard InChI is InChI=1S/C17H24N2O/c1-3-15(2)16-8-4-5-9-17(16)20-13-7-6-11-19-12-10-18-14-19/h4-5,8-10,12,14-15H,3,6-7,11,13H2,1-2H3. The van der Waals surface area contributed by atoms with E-state index >= 15 is 0 Å². The molecule has 0 radical (unpaired) electrons. The summed E-state index contributed by atoms with van der Waals surface area (Å²) in [5.41, 5.74) is 1.32. The number of unbranched alkanes of at least 4 members (excludes halogenated alkanes) is 1. The summed E-state index contributed by atoms with van der Waals surface area (Å²) in [7, 11) is 0. The van der Waals surface area contributed by atoms with Gasteiger partial charge in [-0.05, 0) is 36.8 Å². The maximum absolute atomic E-state index is 5.95. The Kier molecular flexibility index (Phi) is 5.66. The number of rotatable bonds is 8. The molecular weight excluding hydrogens is 248 g/mol. The Bertz CT molecular complexity index is 493.